The maximum Gasteiger partial charge on any atom is 0.420 e. The van der Waals surface area contributed by atoms with Crippen molar-refractivity contribution in [3.63, 3.8) is 0 Å². The molecular weight excluding hydrogens is 335 g/mol. The second-order valence-electron chi connectivity index (χ2n) is 7.49. The predicted molar refractivity (Wildman–Crippen MR) is 86.7 cm³/mol. The van der Waals surface area contributed by atoms with Gasteiger partial charge < -0.3 is 4.43 Å². The van der Waals surface area contributed by atoms with Gasteiger partial charge in [0.2, 0.25) is 6.08 Å². The van der Waals surface area contributed by atoms with Crippen LogP contribution in [0.2, 0.25) is 19.6 Å². The van der Waals surface area contributed by atoms with Gasteiger partial charge in [-0.1, -0.05) is 6.07 Å². The summed E-state index contributed by atoms with van der Waals surface area (Å²) in [5, 5.41) is 0. The second-order valence-corrected chi connectivity index (χ2v) is 11.9. The molecule has 1 aromatic rings. The first-order valence-corrected chi connectivity index (χ1v) is 11.5. The van der Waals surface area contributed by atoms with Crippen LogP contribution in [-0.4, -0.2) is 20.6 Å². The highest BCUT2D eigenvalue weighted by molar-refractivity contribution is 6.69. The summed E-state index contributed by atoms with van der Waals surface area (Å²) in [7, 11) is -2.50. The highest BCUT2D eigenvalue weighted by Crippen LogP contribution is 2.56. The van der Waals surface area contributed by atoms with Gasteiger partial charge in [-0.2, -0.15) is 18.2 Å². The Bertz CT molecular complexity index is 733. The topological polar surface area (TPSA) is 38.7 Å². The molecule has 2 aliphatic carbocycles. The number of nitrogens with zero attached hydrogens (tertiary/aromatic N) is 1. The first kappa shape index (κ1) is 17.4. The van der Waals surface area contributed by atoms with Crippen LogP contribution in [0, 0.1) is 0 Å². The summed E-state index contributed by atoms with van der Waals surface area (Å²) in [6.45, 7) is 5.23. The van der Waals surface area contributed by atoms with E-state index in [0.717, 1.165) is 24.0 Å². The van der Waals surface area contributed by atoms with Crippen LogP contribution in [0.15, 0.2) is 11.1 Å². The number of isocyanates is 1. The van der Waals surface area contributed by atoms with Gasteiger partial charge in [0.05, 0.1) is 5.69 Å². The average Bonchev–Trinajstić information content (AvgIpc) is 3.02. The molecule has 0 N–H and O–H groups in total. The number of rotatable bonds is 3. The summed E-state index contributed by atoms with van der Waals surface area (Å²) < 4.78 is 48.2. The van der Waals surface area contributed by atoms with E-state index in [9.17, 15) is 18.0 Å². The van der Waals surface area contributed by atoms with Crippen LogP contribution in [0.3, 0.4) is 0 Å². The van der Waals surface area contributed by atoms with E-state index in [1.807, 2.05) is 6.07 Å². The molecule has 2 aliphatic rings. The molecular formula is C17H20F3NO2Si. The van der Waals surface area contributed by atoms with Crippen molar-refractivity contribution in [2.24, 2.45) is 4.99 Å². The van der Waals surface area contributed by atoms with Gasteiger partial charge in [-0.25, -0.2) is 4.79 Å². The Morgan fingerprint density at radius 1 is 1.21 bits per heavy atom. The quantitative estimate of drug-likeness (QED) is 0.448. The number of hydrogen-bond donors (Lipinski definition) is 0. The van der Waals surface area contributed by atoms with E-state index >= 15 is 0 Å². The van der Waals surface area contributed by atoms with Gasteiger partial charge in [0, 0.05) is 5.56 Å². The summed E-state index contributed by atoms with van der Waals surface area (Å²) in [4.78, 5) is 14.6. The van der Waals surface area contributed by atoms with Gasteiger partial charge in [0.25, 0.3) is 0 Å². The smallest absolute Gasteiger partial charge is 0.400 e. The molecule has 3 nitrogen and oxygen atoms in total. The third kappa shape index (κ3) is 2.64. The third-order valence-corrected chi connectivity index (χ3v) is 5.66. The first-order valence-electron chi connectivity index (χ1n) is 8.12. The molecule has 0 saturated carbocycles. The van der Waals surface area contributed by atoms with Gasteiger partial charge in [-0.3, -0.25) is 0 Å². The number of aliphatic imine (C=N–C) groups is 1. The van der Waals surface area contributed by atoms with Crippen molar-refractivity contribution in [1.82, 2.24) is 0 Å². The lowest BCUT2D eigenvalue weighted by atomic mass is 9.90. The number of fused-ring (bicyclic) bond motifs is 2. The zero-order valence-corrected chi connectivity index (χ0v) is 15.0. The molecule has 0 bridgehead atoms. The molecule has 0 amide bonds. The minimum absolute atomic E-state index is 0.0569. The van der Waals surface area contributed by atoms with Crippen molar-refractivity contribution < 1.29 is 22.4 Å². The lowest BCUT2D eigenvalue weighted by molar-refractivity contribution is -0.257. The Hall–Kier alpha value is -1.43. The van der Waals surface area contributed by atoms with Crippen molar-refractivity contribution >= 4 is 20.1 Å². The fourth-order valence-electron chi connectivity index (χ4n) is 4.00. The van der Waals surface area contributed by atoms with E-state index in [4.69, 9.17) is 4.43 Å². The van der Waals surface area contributed by atoms with Gasteiger partial charge in [-0.15, -0.1) is 0 Å². The highest BCUT2D eigenvalue weighted by atomic mass is 28.4. The molecule has 0 aromatic heterocycles. The summed E-state index contributed by atoms with van der Waals surface area (Å²) in [6.07, 6.45) is -0.636. The minimum Gasteiger partial charge on any atom is -0.400 e. The monoisotopic (exact) mass is 355 g/mol. The van der Waals surface area contributed by atoms with Gasteiger partial charge >= 0.3 is 6.18 Å². The normalized spacial score (nSPS) is 22.9. The van der Waals surface area contributed by atoms with Crippen LogP contribution in [-0.2, 0) is 34.1 Å². The van der Waals surface area contributed by atoms with Crippen molar-refractivity contribution in [3.8, 4) is 0 Å². The highest BCUT2D eigenvalue weighted by Gasteiger charge is 2.62. The lowest BCUT2D eigenvalue weighted by Gasteiger charge is -2.39. The first-order chi connectivity index (χ1) is 11.1. The van der Waals surface area contributed by atoms with Gasteiger partial charge in [-0.05, 0) is 68.4 Å². The van der Waals surface area contributed by atoms with E-state index < -0.39 is 20.1 Å². The molecule has 0 radical (unpaired) electrons. The standard InChI is InChI=1S/C17H20F3NO2Si/c1-24(2,3)23-16(17(18,19)20)8-7-12-9-11-5-4-6-13(11)15(14(12)16)21-10-22/h9H,4-8H2,1-3H3/t16-/m1/s1. The molecule has 3 rings (SSSR count). The molecule has 0 unspecified atom stereocenters. The van der Waals surface area contributed by atoms with Crippen LogP contribution < -0.4 is 0 Å². The molecule has 1 aromatic carbocycles. The van der Waals surface area contributed by atoms with Crippen LogP contribution >= 0.6 is 0 Å². The zero-order valence-electron chi connectivity index (χ0n) is 14.0. The maximum atomic E-state index is 14.2. The molecule has 0 aliphatic heterocycles. The molecule has 130 valence electrons. The van der Waals surface area contributed by atoms with Crippen molar-refractivity contribution in [2.75, 3.05) is 0 Å². The van der Waals surface area contributed by atoms with E-state index in [-0.39, 0.29) is 24.1 Å². The van der Waals surface area contributed by atoms with Gasteiger partial charge in [0.1, 0.15) is 0 Å². The van der Waals surface area contributed by atoms with Crippen molar-refractivity contribution in [2.45, 2.75) is 63.5 Å². The van der Waals surface area contributed by atoms with Crippen molar-refractivity contribution in [3.05, 3.63) is 28.3 Å². The Balaban J connectivity index is 2.31. The summed E-state index contributed by atoms with van der Waals surface area (Å²) in [6, 6.07) is 1.86. The largest absolute Gasteiger partial charge is 0.420 e. The predicted octanol–water partition coefficient (Wildman–Crippen LogP) is 4.70. The number of halogens is 3. The molecule has 1 atom stereocenters. The summed E-state index contributed by atoms with van der Waals surface area (Å²) in [5.74, 6) is 0. The molecule has 0 heterocycles. The van der Waals surface area contributed by atoms with E-state index in [1.54, 1.807) is 19.6 Å². The summed E-state index contributed by atoms with van der Waals surface area (Å²) in [5.41, 5.74) is 0.227. The average molecular weight is 355 g/mol. The minimum atomic E-state index is -4.56. The third-order valence-electron chi connectivity index (χ3n) is 4.70. The fraction of sp³-hybridized carbons (Fsp3) is 0.588. The SMILES string of the molecule is C[Si](C)(C)O[C@]1(C(F)(F)F)CCc2cc3c(c(N=C=O)c21)CCC3. The Labute approximate surface area is 140 Å². The Morgan fingerprint density at radius 2 is 1.92 bits per heavy atom. The lowest BCUT2D eigenvalue weighted by Crippen LogP contribution is -2.49. The summed E-state index contributed by atoms with van der Waals surface area (Å²) >= 11 is 0. The molecule has 0 fully saturated rings. The van der Waals surface area contributed by atoms with Crippen molar-refractivity contribution in [1.29, 1.82) is 0 Å². The van der Waals surface area contributed by atoms with Gasteiger partial charge in [0.15, 0.2) is 13.9 Å². The molecule has 0 spiro atoms. The van der Waals surface area contributed by atoms with E-state index in [0.29, 0.717) is 12.0 Å². The number of carbonyl (C=O) groups excluding carboxylic acids is 1. The van der Waals surface area contributed by atoms with Crippen LogP contribution in [0.4, 0.5) is 18.9 Å². The van der Waals surface area contributed by atoms with Crippen LogP contribution in [0.25, 0.3) is 0 Å². The number of alkyl halides is 3. The van der Waals surface area contributed by atoms with Crippen LogP contribution in [0.5, 0.6) is 0 Å². The van der Waals surface area contributed by atoms with E-state index in [1.165, 1.54) is 6.08 Å². The van der Waals surface area contributed by atoms with E-state index in [2.05, 4.69) is 4.99 Å². The zero-order chi connectivity index (χ0) is 17.8. The van der Waals surface area contributed by atoms with Crippen LogP contribution in [0.1, 0.15) is 35.1 Å². The Morgan fingerprint density at radius 3 is 2.50 bits per heavy atom. The number of aryl methyl sites for hydroxylation is 2. The molecule has 7 heteroatoms. The molecule has 24 heavy (non-hydrogen) atoms. The fourth-order valence-corrected chi connectivity index (χ4v) is 5.37. The second kappa shape index (κ2) is 5.54. The Kier molecular flexibility index (Phi) is 4.02. The number of benzene rings is 1. The molecule has 0 saturated heterocycles. The maximum absolute atomic E-state index is 14.2. The number of hydrogen-bond acceptors (Lipinski definition) is 3.